The fraction of sp³-hybridized carbons (Fsp3) is 0.143. The number of imidazole rings is 1. The van der Waals surface area contributed by atoms with Crippen LogP contribution in [0.25, 0.3) is 55.7 Å². The maximum Gasteiger partial charge on any atom is 0.246 e. The molecule has 0 bridgehead atoms. The molecular weight excluding hydrogens is 478 g/mol. The zero-order valence-electron chi connectivity index (χ0n) is 21.1. The minimum atomic E-state index is -0.617. The Kier molecular flexibility index (Phi) is 5.46. The number of aromatic nitrogens is 7. The predicted octanol–water partition coefficient (Wildman–Crippen LogP) is 4.88. The van der Waals surface area contributed by atoms with Gasteiger partial charge in [-0.1, -0.05) is 32.9 Å². The fourth-order valence-electron chi connectivity index (χ4n) is 4.35. The molecule has 6 aromatic rings. The molecule has 0 saturated carbocycles. The highest BCUT2D eigenvalue weighted by atomic mass is 16.2. The molecule has 188 valence electrons. The second-order valence-corrected chi connectivity index (χ2v) is 10.1. The van der Waals surface area contributed by atoms with Crippen molar-refractivity contribution in [2.45, 2.75) is 20.8 Å². The van der Waals surface area contributed by atoms with Gasteiger partial charge in [0.15, 0.2) is 5.82 Å². The van der Waals surface area contributed by atoms with Crippen LogP contribution in [-0.2, 0) is 4.79 Å². The summed E-state index contributed by atoms with van der Waals surface area (Å²) in [5.74, 6) is 6.57. The van der Waals surface area contributed by atoms with E-state index in [0.717, 1.165) is 49.2 Å². The Morgan fingerprint density at radius 3 is 2.50 bits per heavy atom. The summed E-state index contributed by atoms with van der Waals surface area (Å²) in [4.78, 5) is 33.9. The average molecular weight is 504 g/mol. The minimum absolute atomic E-state index is 0.200. The van der Waals surface area contributed by atoms with Crippen LogP contribution < -0.4 is 10.9 Å². The summed E-state index contributed by atoms with van der Waals surface area (Å²) in [5.41, 5.74) is 6.58. The number of rotatable bonds is 4. The van der Waals surface area contributed by atoms with E-state index in [1.807, 2.05) is 57.2 Å². The molecule has 10 heteroatoms. The lowest BCUT2D eigenvalue weighted by atomic mass is 9.95. The molecule has 0 aliphatic rings. The van der Waals surface area contributed by atoms with E-state index in [4.69, 9.17) is 10.8 Å². The number of benzene rings is 1. The van der Waals surface area contributed by atoms with Gasteiger partial charge in [-0.25, -0.2) is 15.8 Å². The van der Waals surface area contributed by atoms with Gasteiger partial charge in [0.1, 0.15) is 11.2 Å². The van der Waals surface area contributed by atoms with Crippen molar-refractivity contribution in [1.29, 1.82) is 0 Å². The zero-order valence-corrected chi connectivity index (χ0v) is 21.1. The van der Waals surface area contributed by atoms with Crippen LogP contribution in [0.3, 0.4) is 0 Å². The highest BCUT2D eigenvalue weighted by molar-refractivity contribution is 5.99. The van der Waals surface area contributed by atoms with E-state index >= 15 is 0 Å². The molecule has 0 atom stereocenters. The van der Waals surface area contributed by atoms with E-state index in [-0.39, 0.29) is 5.91 Å². The molecule has 0 spiro atoms. The Bertz CT molecular complexity index is 1800. The lowest BCUT2D eigenvalue weighted by molar-refractivity contribution is -0.125. The molecule has 0 fully saturated rings. The van der Waals surface area contributed by atoms with Crippen LogP contribution in [0.2, 0.25) is 0 Å². The van der Waals surface area contributed by atoms with Gasteiger partial charge in [0, 0.05) is 52.3 Å². The normalized spacial score (nSPS) is 11.8. The van der Waals surface area contributed by atoms with Gasteiger partial charge in [-0.15, -0.1) is 0 Å². The summed E-state index contributed by atoms with van der Waals surface area (Å²) in [5, 5.41) is 9.69. The summed E-state index contributed by atoms with van der Waals surface area (Å²) < 4.78 is 0. The standard InChI is InChI=1S/C28H25N9O/c1-28(2,3)27(38)37(29)19-9-18(12-31-13-19)16-6-7-22-20(10-16)25(36-35-22)26-33-23-15-32-14-21(24(23)34-26)17-5-4-8-30-11-17/h4-15H,29H2,1-3H3,(H,33,34)(H,35,36). The smallest absolute Gasteiger partial charge is 0.246 e. The first-order chi connectivity index (χ1) is 18.3. The topological polar surface area (TPSA) is 142 Å². The number of nitrogens with two attached hydrogens (primary N) is 1. The number of amides is 1. The van der Waals surface area contributed by atoms with Gasteiger partial charge in [-0.2, -0.15) is 5.10 Å². The number of hydrazine groups is 1. The number of aromatic amines is 2. The van der Waals surface area contributed by atoms with Gasteiger partial charge in [0.25, 0.3) is 0 Å². The molecule has 5 heterocycles. The zero-order chi connectivity index (χ0) is 26.4. The van der Waals surface area contributed by atoms with E-state index in [1.54, 1.807) is 37.2 Å². The number of fused-ring (bicyclic) bond motifs is 2. The summed E-state index contributed by atoms with van der Waals surface area (Å²) >= 11 is 0. The molecule has 0 aliphatic carbocycles. The summed E-state index contributed by atoms with van der Waals surface area (Å²) in [6.45, 7) is 5.48. The monoisotopic (exact) mass is 503 g/mol. The van der Waals surface area contributed by atoms with E-state index < -0.39 is 5.41 Å². The third-order valence-electron chi connectivity index (χ3n) is 6.35. The van der Waals surface area contributed by atoms with Crippen LogP contribution in [-0.4, -0.2) is 41.0 Å². The number of nitrogens with one attached hydrogen (secondary N) is 2. The van der Waals surface area contributed by atoms with E-state index in [9.17, 15) is 4.79 Å². The van der Waals surface area contributed by atoms with Gasteiger partial charge < -0.3 is 4.98 Å². The molecule has 1 aromatic carbocycles. The maximum absolute atomic E-state index is 12.7. The van der Waals surface area contributed by atoms with Crippen molar-refractivity contribution >= 4 is 33.5 Å². The number of hydrogen-bond donors (Lipinski definition) is 3. The molecule has 0 radical (unpaired) electrons. The molecule has 10 nitrogen and oxygen atoms in total. The van der Waals surface area contributed by atoms with E-state index in [1.165, 1.54) is 0 Å². The molecule has 0 saturated heterocycles. The summed E-state index contributed by atoms with van der Waals surface area (Å²) in [7, 11) is 0. The van der Waals surface area contributed by atoms with Crippen LogP contribution in [0.5, 0.6) is 0 Å². The third-order valence-corrected chi connectivity index (χ3v) is 6.35. The Balaban J connectivity index is 1.41. The van der Waals surface area contributed by atoms with Gasteiger partial charge in [0.2, 0.25) is 5.91 Å². The Labute approximate surface area is 218 Å². The summed E-state index contributed by atoms with van der Waals surface area (Å²) in [6, 6.07) is 11.7. The first-order valence-corrected chi connectivity index (χ1v) is 12.1. The molecule has 0 unspecified atom stereocenters. The number of pyridine rings is 3. The summed E-state index contributed by atoms with van der Waals surface area (Å²) in [6.07, 6.45) is 10.4. The maximum atomic E-state index is 12.7. The van der Waals surface area contributed by atoms with Crippen LogP contribution in [0, 0.1) is 5.41 Å². The Morgan fingerprint density at radius 1 is 0.895 bits per heavy atom. The number of anilines is 1. The van der Waals surface area contributed by atoms with Gasteiger partial charge in [-0.3, -0.25) is 24.8 Å². The molecule has 4 N–H and O–H groups in total. The highest BCUT2D eigenvalue weighted by Crippen LogP contribution is 2.33. The van der Waals surface area contributed by atoms with Crippen molar-refractivity contribution in [3.8, 4) is 33.8 Å². The molecule has 38 heavy (non-hydrogen) atoms. The average Bonchev–Trinajstić information content (AvgIpc) is 3.56. The van der Waals surface area contributed by atoms with Crippen molar-refractivity contribution in [1.82, 2.24) is 35.1 Å². The van der Waals surface area contributed by atoms with Gasteiger partial charge in [0.05, 0.1) is 29.1 Å². The Hall–Kier alpha value is -4.96. The third kappa shape index (κ3) is 4.06. The van der Waals surface area contributed by atoms with Crippen LogP contribution in [0.1, 0.15) is 20.8 Å². The number of nitrogens with zero attached hydrogens (tertiary/aromatic N) is 6. The van der Waals surface area contributed by atoms with Crippen molar-refractivity contribution < 1.29 is 4.79 Å². The largest absolute Gasteiger partial charge is 0.335 e. The minimum Gasteiger partial charge on any atom is -0.335 e. The van der Waals surface area contributed by atoms with Crippen molar-refractivity contribution in [2.24, 2.45) is 11.3 Å². The highest BCUT2D eigenvalue weighted by Gasteiger charge is 2.27. The molecule has 6 rings (SSSR count). The second kappa shape index (κ2) is 8.86. The number of carbonyl (C=O) groups is 1. The van der Waals surface area contributed by atoms with Crippen molar-refractivity contribution in [2.75, 3.05) is 5.01 Å². The number of H-pyrrole nitrogens is 2. The number of hydrogen-bond acceptors (Lipinski definition) is 7. The lowest BCUT2D eigenvalue weighted by Gasteiger charge is -2.25. The molecule has 1 amide bonds. The van der Waals surface area contributed by atoms with Gasteiger partial charge in [-0.05, 0) is 29.8 Å². The second-order valence-electron chi connectivity index (χ2n) is 10.1. The van der Waals surface area contributed by atoms with E-state index in [2.05, 4.69) is 30.1 Å². The fourth-order valence-corrected chi connectivity index (χ4v) is 4.35. The molecule has 0 aliphatic heterocycles. The van der Waals surface area contributed by atoms with Crippen LogP contribution in [0.4, 0.5) is 5.69 Å². The predicted molar refractivity (Wildman–Crippen MR) is 147 cm³/mol. The number of carbonyl (C=O) groups excluding carboxylic acids is 1. The Morgan fingerprint density at radius 2 is 1.71 bits per heavy atom. The quantitative estimate of drug-likeness (QED) is 0.177. The first-order valence-electron chi connectivity index (χ1n) is 12.1. The van der Waals surface area contributed by atoms with Crippen LogP contribution in [0.15, 0.2) is 73.6 Å². The molecule has 5 aromatic heterocycles. The first kappa shape index (κ1) is 23.4. The molecular formula is C28H25N9O. The SMILES string of the molecule is CC(C)(C)C(=O)N(N)c1cncc(-c2ccc3[nH]nc(-c4nc5c(-c6cccnc6)cncc5[nH]4)c3c2)c1. The van der Waals surface area contributed by atoms with Crippen molar-refractivity contribution in [3.05, 3.63) is 73.6 Å². The lowest BCUT2D eigenvalue weighted by Crippen LogP contribution is -2.44. The van der Waals surface area contributed by atoms with E-state index in [0.29, 0.717) is 17.2 Å². The van der Waals surface area contributed by atoms with Crippen molar-refractivity contribution in [3.63, 3.8) is 0 Å². The van der Waals surface area contributed by atoms with Crippen LogP contribution >= 0.6 is 0 Å². The van der Waals surface area contributed by atoms with Gasteiger partial charge >= 0.3 is 0 Å².